The molecule has 3 amide bonds. The number of ether oxygens (including phenoxy) is 1. The maximum atomic E-state index is 11.9. The number of carbonyl (C=O) groups is 3. The molecule has 2 heterocycles. The van der Waals surface area contributed by atoms with E-state index >= 15 is 0 Å². The van der Waals surface area contributed by atoms with E-state index in [9.17, 15) is 14.4 Å². The summed E-state index contributed by atoms with van der Waals surface area (Å²) in [5.41, 5.74) is 2.57. The number of anilines is 1. The fourth-order valence-corrected chi connectivity index (χ4v) is 4.21. The third-order valence-electron chi connectivity index (χ3n) is 4.73. The van der Waals surface area contributed by atoms with Crippen LogP contribution in [-0.2, 0) is 9.53 Å². The molecule has 8 heteroatoms. The van der Waals surface area contributed by atoms with Gasteiger partial charge in [0.2, 0.25) is 0 Å². The van der Waals surface area contributed by atoms with Crippen molar-refractivity contribution in [1.82, 2.24) is 10.6 Å². The van der Waals surface area contributed by atoms with Gasteiger partial charge in [0.05, 0.1) is 4.91 Å². The Bertz CT molecular complexity index is 860. The molecule has 2 N–H and O–H groups in total. The summed E-state index contributed by atoms with van der Waals surface area (Å²) in [6, 6.07) is 5.94. The van der Waals surface area contributed by atoms with Crippen LogP contribution >= 0.6 is 11.8 Å². The quantitative estimate of drug-likeness (QED) is 0.727. The lowest BCUT2D eigenvalue weighted by Gasteiger charge is -2.24. The number of alkyl carbamates (subject to hydrolysis) is 1. The predicted molar refractivity (Wildman–Crippen MR) is 115 cm³/mol. The Morgan fingerprint density at radius 1 is 1.38 bits per heavy atom. The van der Waals surface area contributed by atoms with E-state index in [-0.39, 0.29) is 11.1 Å². The van der Waals surface area contributed by atoms with Crippen LogP contribution in [0.15, 0.2) is 23.1 Å². The molecule has 29 heavy (non-hydrogen) atoms. The third-order valence-corrected chi connectivity index (χ3v) is 5.54. The Balaban J connectivity index is 1.69. The number of imide groups is 1. The van der Waals surface area contributed by atoms with E-state index in [1.54, 1.807) is 6.08 Å². The second-order valence-electron chi connectivity index (χ2n) is 8.35. The van der Waals surface area contributed by atoms with Gasteiger partial charge >= 0.3 is 6.09 Å². The van der Waals surface area contributed by atoms with Crippen LogP contribution in [0, 0.1) is 12.8 Å². The van der Waals surface area contributed by atoms with E-state index < -0.39 is 11.7 Å². The number of aryl methyl sites for hydroxylation is 1. The van der Waals surface area contributed by atoms with Gasteiger partial charge in [0.25, 0.3) is 11.1 Å². The summed E-state index contributed by atoms with van der Waals surface area (Å²) >= 11 is 0.923. The van der Waals surface area contributed by atoms with Crippen molar-refractivity contribution in [3.05, 3.63) is 34.2 Å². The number of benzene rings is 1. The molecule has 0 aliphatic carbocycles. The smallest absolute Gasteiger partial charge is 0.407 e. The first-order valence-corrected chi connectivity index (χ1v) is 10.5. The highest BCUT2D eigenvalue weighted by molar-refractivity contribution is 8.18. The van der Waals surface area contributed by atoms with Crippen molar-refractivity contribution in [3.8, 4) is 0 Å². The minimum absolute atomic E-state index is 0.313. The van der Waals surface area contributed by atoms with Gasteiger partial charge in [-0.05, 0) is 69.0 Å². The van der Waals surface area contributed by atoms with Gasteiger partial charge in [-0.2, -0.15) is 0 Å². The van der Waals surface area contributed by atoms with E-state index in [1.165, 1.54) is 0 Å². The lowest BCUT2D eigenvalue weighted by molar-refractivity contribution is -0.115. The zero-order valence-electron chi connectivity index (χ0n) is 17.2. The van der Waals surface area contributed by atoms with Gasteiger partial charge in [0.15, 0.2) is 0 Å². The topological polar surface area (TPSA) is 87.7 Å². The molecule has 3 rings (SSSR count). The second kappa shape index (κ2) is 8.49. The maximum absolute atomic E-state index is 11.9. The number of hydrogen-bond donors (Lipinski definition) is 2. The van der Waals surface area contributed by atoms with Gasteiger partial charge in [-0.3, -0.25) is 14.9 Å². The number of nitrogens with zero attached hydrogens (tertiary/aromatic N) is 1. The summed E-state index contributed by atoms with van der Waals surface area (Å²) in [6.45, 7) is 9.78. The van der Waals surface area contributed by atoms with E-state index in [1.807, 2.05) is 45.9 Å². The van der Waals surface area contributed by atoms with Crippen molar-refractivity contribution >= 4 is 40.8 Å². The highest BCUT2D eigenvalue weighted by Crippen LogP contribution is 2.34. The fraction of sp³-hybridized carbons (Fsp3) is 0.476. The van der Waals surface area contributed by atoms with Gasteiger partial charge in [-0.25, -0.2) is 4.79 Å². The maximum Gasteiger partial charge on any atom is 0.407 e. The Labute approximate surface area is 175 Å². The van der Waals surface area contributed by atoms with Gasteiger partial charge in [0, 0.05) is 25.3 Å². The Kier molecular flexibility index (Phi) is 6.21. The van der Waals surface area contributed by atoms with Crippen molar-refractivity contribution in [2.75, 3.05) is 24.5 Å². The standard InChI is InChI=1S/C21H27N3O4S/c1-13-6-5-7-15(10-16-18(25)23-20(27)29-16)17(13)24-9-8-14(12-24)11-22-19(26)28-21(2,3)4/h5-7,10,14H,8-9,11-12H2,1-4H3,(H,22,26)(H,23,25,27). The molecule has 0 saturated carbocycles. The van der Waals surface area contributed by atoms with Gasteiger partial charge < -0.3 is 15.0 Å². The monoisotopic (exact) mass is 417 g/mol. The van der Waals surface area contributed by atoms with Crippen molar-refractivity contribution < 1.29 is 19.1 Å². The first kappa shape index (κ1) is 21.2. The van der Waals surface area contributed by atoms with Gasteiger partial charge in [-0.1, -0.05) is 18.2 Å². The normalized spacial score (nSPS) is 20.9. The minimum atomic E-state index is -0.513. The van der Waals surface area contributed by atoms with Gasteiger partial charge in [-0.15, -0.1) is 0 Å². The van der Waals surface area contributed by atoms with Gasteiger partial charge in [0.1, 0.15) is 5.60 Å². The average molecular weight is 418 g/mol. The highest BCUT2D eigenvalue weighted by atomic mass is 32.2. The molecule has 1 atom stereocenters. The lowest BCUT2D eigenvalue weighted by atomic mass is 10.1. The summed E-state index contributed by atoms with van der Waals surface area (Å²) in [7, 11) is 0. The lowest BCUT2D eigenvalue weighted by Crippen LogP contribution is -2.36. The molecule has 0 radical (unpaired) electrons. The second-order valence-corrected chi connectivity index (χ2v) is 9.36. The number of amides is 3. The first-order valence-electron chi connectivity index (χ1n) is 9.68. The summed E-state index contributed by atoms with van der Waals surface area (Å²) < 4.78 is 5.30. The number of nitrogens with one attached hydrogen (secondary N) is 2. The van der Waals surface area contributed by atoms with Crippen molar-refractivity contribution in [1.29, 1.82) is 0 Å². The molecule has 2 aliphatic heterocycles. The summed E-state index contributed by atoms with van der Waals surface area (Å²) in [4.78, 5) is 38.0. The van der Waals surface area contributed by atoms with Crippen LogP contribution in [0.5, 0.6) is 0 Å². The molecule has 2 saturated heterocycles. The molecular weight excluding hydrogens is 390 g/mol. The van der Waals surface area contributed by atoms with Crippen LogP contribution in [0.2, 0.25) is 0 Å². The zero-order chi connectivity index (χ0) is 21.2. The number of hydrogen-bond acceptors (Lipinski definition) is 6. The molecule has 0 spiro atoms. The van der Waals surface area contributed by atoms with Crippen LogP contribution in [0.3, 0.4) is 0 Å². The van der Waals surface area contributed by atoms with Crippen LogP contribution in [0.1, 0.15) is 38.3 Å². The SMILES string of the molecule is Cc1cccc(C=C2SC(=O)NC2=O)c1N1CCC(CNC(=O)OC(C)(C)C)C1. The molecule has 1 unspecified atom stereocenters. The minimum Gasteiger partial charge on any atom is -0.444 e. The molecule has 1 aromatic carbocycles. The summed E-state index contributed by atoms with van der Waals surface area (Å²) in [5, 5.41) is 4.81. The Morgan fingerprint density at radius 2 is 2.14 bits per heavy atom. The molecular formula is C21H27N3O4S. The van der Waals surface area contributed by atoms with E-state index in [0.717, 1.165) is 48.1 Å². The number of thioether (sulfide) groups is 1. The largest absolute Gasteiger partial charge is 0.444 e. The highest BCUT2D eigenvalue weighted by Gasteiger charge is 2.28. The van der Waals surface area contributed by atoms with Crippen molar-refractivity contribution in [2.24, 2.45) is 5.92 Å². The fourth-order valence-electron chi connectivity index (χ4n) is 3.54. The molecule has 156 valence electrons. The van der Waals surface area contributed by atoms with Crippen molar-refractivity contribution in [2.45, 2.75) is 39.7 Å². The number of carbonyl (C=O) groups excluding carboxylic acids is 3. The third kappa shape index (κ3) is 5.53. The van der Waals surface area contributed by atoms with Crippen LogP contribution in [0.25, 0.3) is 6.08 Å². The van der Waals surface area contributed by atoms with E-state index in [4.69, 9.17) is 4.74 Å². The summed E-state index contributed by atoms with van der Waals surface area (Å²) in [6.07, 6.45) is 2.33. The van der Waals surface area contributed by atoms with Crippen LogP contribution in [0.4, 0.5) is 15.3 Å². The molecule has 0 aromatic heterocycles. The van der Waals surface area contributed by atoms with Crippen LogP contribution < -0.4 is 15.5 Å². The average Bonchev–Trinajstić information content (AvgIpc) is 3.18. The van der Waals surface area contributed by atoms with Crippen LogP contribution in [-0.4, -0.2) is 42.5 Å². The van der Waals surface area contributed by atoms with E-state index in [0.29, 0.717) is 17.4 Å². The molecule has 7 nitrogen and oxygen atoms in total. The predicted octanol–water partition coefficient (Wildman–Crippen LogP) is 3.67. The number of para-hydroxylation sites is 1. The molecule has 1 aromatic rings. The molecule has 0 bridgehead atoms. The zero-order valence-corrected chi connectivity index (χ0v) is 18.0. The Morgan fingerprint density at radius 3 is 2.79 bits per heavy atom. The number of rotatable bonds is 4. The summed E-state index contributed by atoms with van der Waals surface area (Å²) in [5.74, 6) is -0.0401. The Hall–Kier alpha value is -2.48. The molecule has 2 fully saturated rings. The van der Waals surface area contributed by atoms with E-state index in [2.05, 4.69) is 15.5 Å². The molecule has 2 aliphatic rings. The first-order chi connectivity index (χ1) is 13.6. The van der Waals surface area contributed by atoms with Crippen molar-refractivity contribution in [3.63, 3.8) is 0 Å².